The minimum Gasteiger partial charge on any atom is -0.368 e. The van der Waals surface area contributed by atoms with Crippen LogP contribution in [0.4, 0.5) is 0 Å². The zero-order chi connectivity index (χ0) is 19.7. The zero-order valence-corrected chi connectivity index (χ0v) is 16.8. The van der Waals surface area contributed by atoms with Crippen molar-refractivity contribution in [2.75, 3.05) is 39.3 Å². The van der Waals surface area contributed by atoms with Gasteiger partial charge in [0.1, 0.15) is 5.60 Å². The maximum Gasteiger partial charge on any atom is 0.222 e. The quantitative estimate of drug-likeness (QED) is 0.801. The summed E-state index contributed by atoms with van der Waals surface area (Å²) in [6.45, 7) is 5.42. The number of fused-ring (bicyclic) bond motifs is 2. The Morgan fingerprint density at radius 1 is 1.03 bits per heavy atom. The first kappa shape index (κ1) is 18.7. The fraction of sp³-hybridized carbons (Fsp3) is 0.522. The van der Waals surface area contributed by atoms with Crippen molar-refractivity contribution in [3.8, 4) is 11.4 Å². The highest BCUT2D eigenvalue weighted by molar-refractivity contribution is 5.78. The number of rotatable bonds is 4. The van der Waals surface area contributed by atoms with Gasteiger partial charge in [-0.3, -0.25) is 4.79 Å². The van der Waals surface area contributed by atoms with Crippen LogP contribution in [0, 0.1) is 0 Å². The molecule has 1 aromatic heterocycles. The molecule has 0 aliphatic carbocycles. The lowest BCUT2D eigenvalue weighted by molar-refractivity contribution is -0.128. The third kappa shape index (κ3) is 3.67. The monoisotopic (exact) mass is 392 g/mol. The van der Waals surface area contributed by atoms with Crippen molar-refractivity contribution in [2.45, 2.75) is 37.7 Å². The molecule has 2 fully saturated rings. The molecule has 6 nitrogen and oxygen atoms in total. The van der Waals surface area contributed by atoms with Gasteiger partial charge >= 0.3 is 0 Å². The second kappa shape index (κ2) is 7.84. The first-order valence-corrected chi connectivity index (χ1v) is 10.8. The number of ether oxygens (including phenoxy) is 1. The van der Waals surface area contributed by atoms with Crippen LogP contribution in [0.15, 0.2) is 36.5 Å². The van der Waals surface area contributed by atoms with Crippen LogP contribution in [-0.4, -0.2) is 65.0 Å². The SMILES string of the molecule is O=C1CCCN1CCN1CCC2(CC1)OCCc1cnc(-c3ccccc3)nc12. The Morgan fingerprint density at radius 3 is 2.62 bits per heavy atom. The molecule has 1 amide bonds. The zero-order valence-electron chi connectivity index (χ0n) is 16.8. The first-order valence-electron chi connectivity index (χ1n) is 10.8. The predicted octanol–water partition coefficient (Wildman–Crippen LogP) is 2.63. The van der Waals surface area contributed by atoms with Gasteiger partial charge in [0, 0.05) is 50.9 Å². The molecule has 152 valence electrons. The van der Waals surface area contributed by atoms with Crippen LogP contribution in [0.5, 0.6) is 0 Å². The van der Waals surface area contributed by atoms with Crippen molar-refractivity contribution in [1.29, 1.82) is 0 Å². The smallest absolute Gasteiger partial charge is 0.222 e. The van der Waals surface area contributed by atoms with Crippen molar-refractivity contribution >= 4 is 5.91 Å². The van der Waals surface area contributed by atoms with E-state index < -0.39 is 0 Å². The summed E-state index contributed by atoms with van der Waals surface area (Å²) in [6.07, 6.45) is 6.50. The molecule has 3 aliphatic heterocycles. The molecule has 0 atom stereocenters. The number of piperidine rings is 1. The molecule has 1 spiro atoms. The summed E-state index contributed by atoms with van der Waals surface area (Å²) in [6, 6.07) is 10.2. The van der Waals surface area contributed by atoms with Crippen LogP contribution in [0.3, 0.4) is 0 Å². The van der Waals surface area contributed by atoms with Gasteiger partial charge in [-0.25, -0.2) is 9.97 Å². The Kier molecular flexibility index (Phi) is 5.06. The largest absolute Gasteiger partial charge is 0.368 e. The molecule has 2 aromatic rings. The van der Waals surface area contributed by atoms with Gasteiger partial charge in [0.25, 0.3) is 0 Å². The Labute approximate surface area is 171 Å². The average molecular weight is 393 g/mol. The Morgan fingerprint density at radius 2 is 1.86 bits per heavy atom. The van der Waals surface area contributed by atoms with Crippen molar-refractivity contribution in [2.24, 2.45) is 0 Å². The molecule has 3 aliphatic rings. The van der Waals surface area contributed by atoms with E-state index in [1.54, 1.807) is 0 Å². The number of carbonyl (C=O) groups excluding carboxylic acids is 1. The average Bonchev–Trinajstić information content (AvgIpc) is 3.19. The summed E-state index contributed by atoms with van der Waals surface area (Å²) in [5.74, 6) is 1.09. The van der Waals surface area contributed by atoms with E-state index in [1.807, 2.05) is 29.3 Å². The summed E-state index contributed by atoms with van der Waals surface area (Å²) in [5.41, 5.74) is 3.07. The predicted molar refractivity (Wildman–Crippen MR) is 110 cm³/mol. The van der Waals surface area contributed by atoms with E-state index in [1.165, 1.54) is 5.56 Å². The highest BCUT2D eigenvalue weighted by atomic mass is 16.5. The number of likely N-dealkylation sites (tertiary alicyclic amines) is 2. The van der Waals surface area contributed by atoms with E-state index >= 15 is 0 Å². The highest BCUT2D eigenvalue weighted by Crippen LogP contribution is 2.40. The van der Waals surface area contributed by atoms with Crippen LogP contribution < -0.4 is 0 Å². The van der Waals surface area contributed by atoms with E-state index in [9.17, 15) is 4.79 Å². The molecule has 0 radical (unpaired) electrons. The normalized spacial score (nSPS) is 21.5. The number of aromatic nitrogens is 2. The highest BCUT2D eigenvalue weighted by Gasteiger charge is 2.42. The third-order valence-corrected chi connectivity index (χ3v) is 6.60. The molecule has 29 heavy (non-hydrogen) atoms. The van der Waals surface area contributed by atoms with Crippen LogP contribution in [0.2, 0.25) is 0 Å². The topological polar surface area (TPSA) is 58.6 Å². The Hall–Kier alpha value is -2.31. The first-order chi connectivity index (χ1) is 14.2. The maximum atomic E-state index is 11.8. The second-order valence-corrected chi connectivity index (χ2v) is 8.35. The standard InChI is InChI=1S/C23H28N4O2/c28-20-7-4-11-27(20)15-14-26-12-9-23(10-13-26)21-19(8-16-29-23)17-24-22(25-21)18-5-2-1-3-6-18/h1-3,5-6,17H,4,7-16H2. The lowest BCUT2D eigenvalue weighted by Gasteiger charge is -2.44. The molecule has 4 heterocycles. The number of benzene rings is 1. The van der Waals surface area contributed by atoms with Crippen LogP contribution in [0.1, 0.15) is 36.9 Å². The minimum absolute atomic E-state index is 0.292. The number of hydrogen-bond donors (Lipinski definition) is 0. The molecular weight excluding hydrogens is 364 g/mol. The molecule has 0 unspecified atom stereocenters. The number of hydrogen-bond acceptors (Lipinski definition) is 5. The lowest BCUT2D eigenvalue weighted by atomic mass is 9.83. The second-order valence-electron chi connectivity index (χ2n) is 8.35. The lowest BCUT2D eigenvalue weighted by Crippen LogP contribution is -2.48. The molecule has 0 saturated carbocycles. The summed E-state index contributed by atoms with van der Waals surface area (Å²) in [4.78, 5) is 25.9. The van der Waals surface area contributed by atoms with Crippen molar-refractivity contribution in [1.82, 2.24) is 19.8 Å². The van der Waals surface area contributed by atoms with Crippen molar-refractivity contribution in [3.63, 3.8) is 0 Å². The van der Waals surface area contributed by atoms with Gasteiger partial charge in [-0.1, -0.05) is 30.3 Å². The Bertz CT molecular complexity index is 878. The van der Waals surface area contributed by atoms with Crippen molar-refractivity contribution < 1.29 is 9.53 Å². The van der Waals surface area contributed by atoms with E-state index in [2.05, 4.69) is 22.0 Å². The molecular formula is C23H28N4O2. The molecule has 0 N–H and O–H groups in total. The van der Waals surface area contributed by atoms with Crippen LogP contribution in [0.25, 0.3) is 11.4 Å². The van der Waals surface area contributed by atoms with Gasteiger partial charge in [-0.2, -0.15) is 0 Å². The van der Waals surface area contributed by atoms with Crippen LogP contribution >= 0.6 is 0 Å². The number of amides is 1. The summed E-state index contributed by atoms with van der Waals surface area (Å²) in [7, 11) is 0. The summed E-state index contributed by atoms with van der Waals surface area (Å²) in [5, 5.41) is 0. The molecule has 1 aromatic carbocycles. The molecule has 0 bridgehead atoms. The van der Waals surface area contributed by atoms with Gasteiger partial charge in [-0.15, -0.1) is 0 Å². The van der Waals surface area contributed by atoms with E-state index in [-0.39, 0.29) is 5.60 Å². The maximum absolute atomic E-state index is 11.8. The fourth-order valence-corrected chi connectivity index (χ4v) is 4.86. The van der Waals surface area contributed by atoms with Gasteiger partial charge in [0.05, 0.1) is 12.3 Å². The van der Waals surface area contributed by atoms with Crippen LogP contribution in [-0.2, 0) is 21.6 Å². The molecule has 5 rings (SSSR count). The minimum atomic E-state index is -0.292. The van der Waals surface area contributed by atoms with E-state index in [0.717, 1.165) is 88.5 Å². The molecule has 2 saturated heterocycles. The Balaban J connectivity index is 1.30. The van der Waals surface area contributed by atoms with E-state index in [0.29, 0.717) is 5.91 Å². The number of nitrogens with zero attached hydrogens (tertiary/aromatic N) is 4. The van der Waals surface area contributed by atoms with E-state index in [4.69, 9.17) is 9.72 Å². The summed E-state index contributed by atoms with van der Waals surface area (Å²) >= 11 is 0. The van der Waals surface area contributed by atoms with Gasteiger partial charge < -0.3 is 14.5 Å². The summed E-state index contributed by atoms with van der Waals surface area (Å²) < 4.78 is 6.39. The van der Waals surface area contributed by atoms with Gasteiger partial charge in [0.15, 0.2) is 5.82 Å². The van der Waals surface area contributed by atoms with Crippen molar-refractivity contribution in [3.05, 3.63) is 47.8 Å². The molecule has 6 heteroatoms. The fourth-order valence-electron chi connectivity index (χ4n) is 4.86. The van der Waals surface area contributed by atoms with Gasteiger partial charge in [0.2, 0.25) is 5.91 Å². The van der Waals surface area contributed by atoms with Gasteiger partial charge in [-0.05, 0) is 31.2 Å². The number of carbonyl (C=O) groups is 1. The third-order valence-electron chi connectivity index (χ3n) is 6.60.